The Morgan fingerprint density at radius 3 is 2.83 bits per heavy atom. The Bertz CT molecular complexity index is 653. The summed E-state index contributed by atoms with van der Waals surface area (Å²) in [4.78, 5) is 24.9. The monoisotopic (exact) mass is 317 g/mol. The van der Waals surface area contributed by atoms with Gasteiger partial charge in [0.05, 0.1) is 11.3 Å². The normalized spacial score (nSPS) is 12.4. The van der Waals surface area contributed by atoms with Crippen LogP contribution in [0.3, 0.4) is 0 Å². The van der Waals surface area contributed by atoms with Crippen molar-refractivity contribution in [2.24, 2.45) is 5.92 Å². The van der Waals surface area contributed by atoms with Crippen LogP contribution in [0.1, 0.15) is 67.9 Å². The van der Waals surface area contributed by atoms with Gasteiger partial charge >= 0.3 is 0 Å². The van der Waals surface area contributed by atoms with Crippen molar-refractivity contribution in [3.8, 4) is 0 Å². The van der Waals surface area contributed by atoms with E-state index in [4.69, 9.17) is 4.52 Å². The van der Waals surface area contributed by atoms with E-state index in [1.54, 1.807) is 0 Å². The van der Waals surface area contributed by atoms with Crippen molar-refractivity contribution in [2.45, 2.75) is 53.0 Å². The highest BCUT2D eigenvalue weighted by Crippen LogP contribution is 2.14. The fourth-order valence-electron chi connectivity index (χ4n) is 2.21. The Kier molecular flexibility index (Phi) is 5.78. The first-order valence-corrected chi connectivity index (χ1v) is 7.93. The molecule has 0 fully saturated rings. The first-order valence-electron chi connectivity index (χ1n) is 7.93. The third-order valence-electron chi connectivity index (χ3n) is 3.32. The predicted octanol–water partition coefficient (Wildman–Crippen LogP) is 2.50. The Morgan fingerprint density at radius 2 is 2.13 bits per heavy atom. The summed E-state index contributed by atoms with van der Waals surface area (Å²) in [6.45, 7) is 8.03. The van der Waals surface area contributed by atoms with Crippen LogP contribution in [0.15, 0.2) is 17.0 Å². The van der Waals surface area contributed by atoms with E-state index >= 15 is 0 Å². The van der Waals surface area contributed by atoms with Crippen LogP contribution in [-0.4, -0.2) is 26.0 Å². The number of hydrogen-bond donors (Lipinski definition) is 1. The Labute approximate surface area is 135 Å². The second-order valence-electron chi connectivity index (χ2n) is 5.98. The SMILES string of the molecule is CCCc1ncncc1C(=O)N[C@H](C)c1nc(CC(C)C)no1. The fourth-order valence-corrected chi connectivity index (χ4v) is 2.21. The molecule has 0 aliphatic heterocycles. The number of hydrogen-bond acceptors (Lipinski definition) is 6. The van der Waals surface area contributed by atoms with Gasteiger partial charge in [0.15, 0.2) is 5.82 Å². The molecular formula is C16H23N5O2. The molecule has 124 valence electrons. The smallest absolute Gasteiger partial charge is 0.255 e. The zero-order valence-electron chi connectivity index (χ0n) is 14.0. The number of rotatable bonds is 7. The first kappa shape index (κ1) is 17.1. The molecule has 1 N–H and O–H groups in total. The second-order valence-corrected chi connectivity index (χ2v) is 5.98. The van der Waals surface area contributed by atoms with E-state index in [0.717, 1.165) is 25.0 Å². The lowest BCUT2D eigenvalue weighted by Gasteiger charge is -2.11. The van der Waals surface area contributed by atoms with Crippen molar-refractivity contribution in [1.29, 1.82) is 0 Å². The van der Waals surface area contributed by atoms with E-state index in [2.05, 4.69) is 39.3 Å². The molecule has 2 aromatic rings. The van der Waals surface area contributed by atoms with Crippen molar-refractivity contribution < 1.29 is 9.32 Å². The number of nitrogens with zero attached hydrogens (tertiary/aromatic N) is 4. The number of carbonyl (C=O) groups is 1. The highest BCUT2D eigenvalue weighted by Gasteiger charge is 2.20. The van der Waals surface area contributed by atoms with Gasteiger partial charge in [0.1, 0.15) is 12.4 Å². The van der Waals surface area contributed by atoms with Crippen molar-refractivity contribution in [3.05, 3.63) is 35.5 Å². The minimum Gasteiger partial charge on any atom is -0.340 e. The molecule has 0 bridgehead atoms. The number of aromatic nitrogens is 4. The fraction of sp³-hybridized carbons (Fsp3) is 0.562. The molecule has 0 saturated heterocycles. The van der Waals surface area contributed by atoms with Gasteiger partial charge in [-0.1, -0.05) is 32.3 Å². The molecule has 0 spiro atoms. The van der Waals surface area contributed by atoms with Crippen LogP contribution in [0.25, 0.3) is 0 Å². The van der Waals surface area contributed by atoms with Gasteiger partial charge in [0.25, 0.3) is 5.91 Å². The summed E-state index contributed by atoms with van der Waals surface area (Å²) in [6, 6.07) is -0.370. The molecule has 2 heterocycles. The lowest BCUT2D eigenvalue weighted by atomic mass is 10.1. The van der Waals surface area contributed by atoms with Crippen LogP contribution < -0.4 is 5.32 Å². The summed E-state index contributed by atoms with van der Waals surface area (Å²) in [7, 11) is 0. The summed E-state index contributed by atoms with van der Waals surface area (Å²) in [5, 5.41) is 6.81. The van der Waals surface area contributed by atoms with Crippen LogP contribution in [-0.2, 0) is 12.8 Å². The molecule has 7 heteroatoms. The maximum absolute atomic E-state index is 12.4. The van der Waals surface area contributed by atoms with E-state index in [0.29, 0.717) is 23.2 Å². The molecule has 1 amide bonds. The standard InChI is InChI=1S/C16H23N5O2/c1-5-6-13-12(8-17-9-18-13)15(22)19-11(4)16-20-14(21-23-16)7-10(2)3/h8-11H,5-7H2,1-4H3,(H,19,22)/t11-/m1/s1. The van der Waals surface area contributed by atoms with Gasteiger partial charge < -0.3 is 9.84 Å². The maximum atomic E-state index is 12.4. The summed E-state index contributed by atoms with van der Waals surface area (Å²) < 4.78 is 5.23. The van der Waals surface area contributed by atoms with E-state index in [9.17, 15) is 4.79 Å². The van der Waals surface area contributed by atoms with Crippen molar-refractivity contribution in [3.63, 3.8) is 0 Å². The van der Waals surface area contributed by atoms with E-state index in [-0.39, 0.29) is 11.9 Å². The van der Waals surface area contributed by atoms with Crippen molar-refractivity contribution >= 4 is 5.91 Å². The highest BCUT2D eigenvalue weighted by molar-refractivity contribution is 5.95. The zero-order valence-corrected chi connectivity index (χ0v) is 14.0. The Morgan fingerprint density at radius 1 is 1.35 bits per heavy atom. The van der Waals surface area contributed by atoms with Gasteiger partial charge in [-0.25, -0.2) is 9.97 Å². The average Bonchev–Trinajstić information content (AvgIpc) is 2.96. The molecule has 0 radical (unpaired) electrons. The number of aryl methyl sites for hydroxylation is 1. The van der Waals surface area contributed by atoms with Crippen molar-refractivity contribution in [1.82, 2.24) is 25.4 Å². The van der Waals surface area contributed by atoms with Crippen LogP contribution in [0.4, 0.5) is 0 Å². The summed E-state index contributed by atoms with van der Waals surface area (Å²) in [5.74, 6) is 1.28. The first-order chi connectivity index (χ1) is 11.0. The summed E-state index contributed by atoms with van der Waals surface area (Å²) in [5.41, 5.74) is 1.24. The average molecular weight is 317 g/mol. The molecule has 0 aromatic carbocycles. The number of carbonyl (C=O) groups excluding carboxylic acids is 1. The Balaban J connectivity index is 2.06. The second kappa shape index (κ2) is 7.80. The third kappa shape index (κ3) is 4.58. The predicted molar refractivity (Wildman–Crippen MR) is 84.7 cm³/mol. The molecule has 2 aromatic heterocycles. The molecule has 0 saturated carbocycles. The highest BCUT2D eigenvalue weighted by atomic mass is 16.5. The van der Waals surface area contributed by atoms with Crippen LogP contribution in [0, 0.1) is 5.92 Å². The largest absolute Gasteiger partial charge is 0.340 e. The number of nitrogens with one attached hydrogen (secondary N) is 1. The molecule has 1 atom stereocenters. The maximum Gasteiger partial charge on any atom is 0.255 e. The van der Waals surface area contributed by atoms with E-state index in [1.807, 2.05) is 13.8 Å². The lowest BCUT2D eigenvalue weighted by Crippen LogP contribution is -2.28. The van der Waals surface area contributed by atoms with Gasteiger partial charge in [-0.15, -0.1) is 0 Å². The quantitative estimate of drug-likeness (QED) is 0.843. The summed E-state index contributed by atoms with van der Waals surface area (Å²) >= 11 is 0. The Hall–Kier alpha value is -2.31. The van der Waals surface area contributed by atoms with Gasteiger partial charge in [-0.05, 0) is 19.3 Å². The summed E-state index contributed by atoms with van der Waals surface area (Å²) in [6.07, 6.45) is 5.39. The molecule has 2 rings (SSSR count). The topological polar surface area (TPSA) is 93.8 Å². The van der Waals surface area contributed by atoms with Crippen LogP contribution >= 0.6 is 0 Å². The molecule has 0 aliphatic carbocycles. The van der Waals surface area contributed by atoms with E-state index in [1.165, 1.54) is 12.5 Å². The van der Waals surface area contributed by atoms with Gasteiger partial charge in [0, 0.05) is 12.6 Å². The van der Waals surface area contributed by atoms with Crippen LogP contribution in [0.5, 0.6) is 0 Å². The zero-order chi connectivity index (χ0) is 16.8. The molecule has 7 nitrogen and oxygen atoms in total. The molecule has 23 heavy (non-hydrogen) atoms. The molecular weight excluding hydrogens is 294 g/mol. The van der Waals surface area contributed by atoms with Gasteiger partial charge in [0.2, 0.25) is 5.89 Å². The van der Waals surface area contributed by atoms with E-state index < -0.39 is 0 Å². The van der Waals surface area contributed by atoms with Gasteiger partial charge in [-0.3, -0.25) is 4.79 Å². The number of amides is 1. The van der Waals surface area contributed by atoms with Crippen molar-refractivity contribution in [2.75, 3.05) is 0 Å². The van der Waals surface area contributed by atoms with Gasteiger partial charge in [-0.2, -0.15) is 4.98 Å². The molecule has 0 unspecified atom stereocenters. The van der Waals surface area contributed by atoms with Crippen LogP contribution in [0.2, 0.25) is 0 Å². The molecule has 0 aliphatic rings. The minimum absolute atomic E-state index is 0.231. The lowest BCUT2D eigenvalue weighted by molar-refractivity contribution is 0.0930. The third-order valence-corrected chi connectivity index (χ3v) is 3.32. The minimum atomic E-state index is -0.370.